The maximum atomic E-state index is 11.6. The second-order valence-electron chi connectivity index (χ2n) is 6.54. The number of likely N-dealkylation sites (N-methyl/N-ethyl adjacent to an activating group) is 1. The molecule has 2 radical (unpaired) electrons. The van der Waals surface area contributed by atoms with Crippen molar-refractivity contribution >= 4 is 27.3 Å². The maximum Gasteiger partial charge on any atom is 0 e. The summed E-state index contributed by atoms with van der Waals surface area (Å²) in [6.07, 6.45) is 0. The van der Waals surface area contributed by atoms with Gasteiger partial charge in [-0.25, -0.2) is 4.79 Å². The fourth-order valence-corrected chi connectivity index (χ4v) is 3.28. The number of hydrogen-bond acceptors (Lipinski definition) is 7. The van der Waals surface area contributed by atoms with Gasteiger partial charge in [0.05, 0.1) is 25.5 Å². The number of anilines is 2. The largest absolute Gasteiger partial charge is 0 e. The van der Waals surface area contributed by atoms with Crippen molar-refractivity contribution in [1.29, 1.82) is 0 Å². The first-order chi connectivity index (χ1) is 14.7. The molecule has 0 aromatic heterocycles. The molecule has 2 aromatic rings. The van der Waals surface area contributed by atoms with Crippen molar-refractivity contribution < 1.29 is 130 Å². The van der Waals surface area contributed by atoms with Gasteiger partial charge in [-0.2, -0.15) is 0 Å². The van der Waals surface area contributed by atoms with Crippen LogP contribution in [0.25, 0.3) is 0 Å². The van der Waals surface area contributed by atoms with Crippen LogP contribution in [-0.2, 0) is 80.1 Å². The minimum Gasteiger partial charge on any atom is 0 e. The molecule has 0 aliphatic carbocycles. The summed E-state index contributed by atoms with van der Waals surface area (Å²) in [6.45, 7) is 7.29. The molecule has 12 heteroatoms. The van der Waals surface area contributed by atoms with Crippen molar-refractivity contribution in [2.75, 3.05) is 31.5 Å². The molecule has 4 rings (SSSR count). The van der Waals surface area contributed by atoms with Gasteiger partial charge in [0, 0.05) is 88.4 Å². The molecule has 34 heavy (non-hydrogen) atoms. The summed E-state index contributed by atoms with van der Waals surface area (Å²) in [5.41, 5.74) is 2.61. The zero-order valence-corrected chi connectivity index (χ0v) is 30.3. The quantitative estimate of drug-likeness (QED) is 0.282. The van der Waals surface area contributed by atoms with E-state index in [-0.39, 0.29) is 99.4 Å². The number of nitrogens with zero attached hydrogens (tertiary/aromatic N) is 1. The molecule has 0 saturated heterocycles. The third-order valence-corrected chi connectivity index (χ3v) is 5.75. The Bertz CT molecular complexity index is 1100. The Kier molecular flexibility index (Phi) is 14.8. The Morgan fingerprint density at radius 3 is 2.56 bits per heavy atom. The third kappa shape index (κ3) is 7.81. The van der Waals surface area contributed by atoms with Crippen molar-refractivity contribution in [2.45, 2.75) is 6.92 Å². The number of carbonyl (C=O) groups is 2. The van der Waals surface area contributed by atoms with Gasteiger partial charge in [0.25, 0.3) is 5.91 Å². The predicted octanol–water partition coefficient (Wildman–Crippen LogP) is 2.78. The zero-order chi connectivity index (χ0) is 22.7. The predicted molar refractivity (Wildman–Crippen MR) is 111 cm³/mol. The summed E-state index contributed by atoms with van der Waals surface area (Å²) in [5, 5.41) is 2.52. The average Bonchev–Trinajstić information content (AvgIpc) is 2.76. The molecule has 0 bridgehead atoms. The van der Waals surface area contributed by atoms with E-state index in [1.807, 2.05) is 26.1 Å². The van der Waals surface area contributed by atoms with Crippen molar-refractivity contribution in [1.82, 2.24) is 0 Å². The molecule has 0 atom stereocenters. The van der Waals surface area contributed by atoms with Gasteiger partial charge in [-0.05, 0) is 6.07 Å². The van der Waals surface area contributed by atoms with Crippen LogP contribution in [0.5, 0.6) is 17.2 Å². The van der Waals surface area contributed by atoms with Crippen LogP contribution < -0.4 is 24.4 Å². The first kappa shape index (κ1) is 33.6. The van der Waals surface area contributed by atoms with Gasteiger partial charge >= 0.3 is 94.8 Å². The molecular formula is C22H20N2O6UVWY-2. The monoisotopic (exact) mass is 970 g/mol. The minimum atomic E-state index is -0.596. The molecule has 0 saturated carbocycles. The standard InChI is InChI=1S/C12H11NO5.C10H9NO.U.V.W.Y/c1-6-11(14)13-10-8(12(15)17-3)4-7(16-2)5-9(10)18-6;1-8-3-4-9-10(7-8)12-6-5-11(9)2;;;;/h4-5H,1H2,2-3H3,(H,13,14);3,6-7H,1-2H3;;;;/q;-2;;;;. The SMILES string of the molecule is C=C1Oc2cc(OC)cc(C(=O)OC)c2NC1=O.Cc1c[c-]c2c(c1)O[CH-][C](=[W])N2C.[U].[V].[Y]. The number of carbonyl (C=O) groups excluding carboxylic acids is 2. The summed E-state index contributed by atoms with van der Waals surface area (Å²) in [4.78, 5) is 25.2. The topological polar surface area (TPSA) is 86.3 Å². The van der Waals surface area contributed by atoms with E-state index < -0.39 is 11.9 Å². The summed E-state index contributed by atoms with van der Waals surface area (Å²) >= 11 is 1.40. The average molecular weight is 970 g/mol. The van der Waals surface area contributed by atoms with E-state index in [4.69, 9.17) is 14.2 Å². The summed E-state index contributed by atoms with van der Waals surface area (Å²) < 4.78 is 21.6. The van der Waals surface area contributed by atoms with Crippen LogP contribution in [0.3, 0.4) is 0 Å². The first-order valence-corrected chi connectivity index (χ1v) is 10.5. The number of hydrogen-bond donors (Lipinski definition) is 1. The Balaban J connectivity index is 0.000000612. The summed E-state index contributed by atoms with van der Waals surface area (Å²) in [5.74, 6) is 0.455. The molecule has 0 unspecified atom stereocenters. The zero-order valence-electron chi connectivity index (χ0n) is 18.9. The van der Waals surface area contributed by atoms with Gasteiger partial charge in [0.15, 0.2) is 11.5 Å². The van der Waals surface area contributed by atoms with E-state index in [0.717, 1.165) is 11.4 Å². The number of methoxy groups -OCH3 is 2. The van der Waals surface area contributed by atoms with E-state index in [1.165, 1.54) is 49.2 Å². The molecule has 174 valence electrons. The molecule has 1 amide bonds. The second kappa shape index (κ2) is 15.0. The third-order valence-electron chi connectivity index (χ3n) is 4.42. The van der Waals surface area contributed by atoms with Crippen LogP contribution >= 0.6 is 0 Å². The number of benzene rings is 2. The first-order valence-electron chi connectivity index (χ1n) is 9.03. The Morgan fingerprint density at radius 1 is 1.26 bits per heavy atom. The summed E-state index contributed by atoms with van der Waals surface area (Å²) in [7, 11) is 4.74. The van der Waals surface area contributed by atoms with Crippen LogP contribution in [0.2, 0.25) is 0 Å². The molecule has 2 aromatic carbocycles. The van der Waals surface area contributed by atoms with E-state index >= 15 is 0 Å². The Hall–Kier alpha value is -0.381. The smallest absolute Gasteiger partial charge is 0 e. The molecule has 2 heterocycles. The number of aryl methyl sites for hydroxylation is 1. The second-order valence-corrected chi connectivity index (χ2v) is 8.04. The van der Waals surface area contributed by atoms with E-state index in [1.54, 1.807) is 12.7 Å². The van der Waals surface area contributed by atoms with Crippen LogP contribution in [0.4, 0.5) is 11.4 Å². The van der Waals surface area contributed by atoms with Crippen LogP contribution in [-0.4, -0.2) is 37.2 Å². The van der Waals surface area contributed by atoms with Gasteiger partial charge < -0.3 is 19.5 Å². The summed E-state index contributed by atoms with van der Waals surface area (Å²) in [6, 6.07) is 10.2. The Morgan fingerprint density at radius 2 is 1.94 bits per heavy atom. The van der Waals surface area contributed by atoms with Crippen molar-refractivity contribution in [2.24, 2.45) is 0 Å². The number of amides is 1. The number of nitrogens with one attached hydrogen (secondary N) is 1. The van der Waals surface area contributed by atoms with Gasteiger partial charge in [-0.15, -0.1) is 0 Å². The van der Waals surface area contributed by atoms with Crippen LogP contribution in [0.1, 0.15) is 15.9 Å². The normalized spacial score (nSPS) is 12.8. The molecule has 8 nitrogen and oxygen atoms in total. The van der Waals surface area contributed by atoms with E-state index in [2.05, 4.69) is 27.6 Å². The van der Waals surface area contributed by atoms with Gasteiger partial charge in [-0.1, -0.05) is 6.58 Å². The minimum absolute atomic E-state index is 0. The number of rotatable bonds is 2. The van der Waals surface area contributed by atoms with E-state index in [9.17, 15) is 9.59 Å². The van der Waals surface area contributed by atoms with Gasteiger partial charge in [0.1, 0.15) is 5.75 Å². The molecule has 2 aliphatic heterocycles. The number of fused-ring (bicyclic) bond motifs is 2. The molecule has 2 aliphatic rings. The van der Waals surface area contributed by atoms with Gasteiger partial charge in [-0.3, -0.25) is 4.79 Å². The number of ether oxygens (including phenoxy) is 4. The van der Waals surface area contributed by atoms with E-state index in [0.29, 0.717) is 11.5 Å². The van der Waals surface area contributed by atoms with Gasteiger partial charge in [0.2, 0.25) is 0 Å². The maximum absolute atomic E-state index is 11.6. The van der Waals surface area contributed by atoms with Crippen LogP contribution in [0.15, 0.2) is 36.6 Å². The van der Waals surface area contributed by atoms with Crippen molar-refractivity contribution in [3.05, 3.63) is 60.4 Å². The molecule has 1 N–H and O–H groups in total. The Labute approximate surface area is 270 Å². The fourth-order valence-electron chi connectivity index (χ4n) is 2.78. The molecule has 0 fully saturated rings. The van der Waals surface area contributed by atoms with Crippen molar-refractivity contribution in [3.8, 4) is 17.2 Å². The fraction of sp³-hybridized carbons (Fsp3) is 0.182. The number of esters is 1. The molecular weight excluding hydrogens is 950 g/mol. The van der Waals surface area contributed by atoms with Crippen LogP contribution in [0, 0.1) is 50.7 Å². The molecule has 0 spiro atoms. The van der Waals surface area contributed by atoms with Crippen molar-refractivity contribution in [3.63, 3.8) is 0 Å².